The molecule has 0 fully saturated rings. The van der Waals surface area contributed by atoms with Crippen molar-refractivity contribution in [2.45, 2.75) is 17.9 Å². The van der Waals surface area contributed by atoms with Gasteiger partial charge < -0.3 is 9.52 Å². The summed E-state index contributed by atoms with van der Waals surface area (Å²) in [4.78, 5) is 0.230. The largest absolute Gasteiger partial charge is 0.468 e. The van der Waals surface area contributed by atoms with E-state index in [1.807, 2.05) is 0 Å². The molecule has 0 atom stereocenters. The molecule has 0 saturated heterocycles. The Kier molecular flexibility index (Phi) is 4.59. The van der Waals surface area contributed by atoms with E-state index in [-0.39, 0.29) is 18.0 Å². The van der Waals surface area contributed by atoms with Crippen molar-refractivity contribution >= 4 is 10.0 Å². The van der Waals surface area contributed by atoms with Crippen molar-refractivity contribution in [3.63, 3.8) is 0 Å². The van der Waals surface area contributed by atoms with Gasteiger partial charge in [-0.05, 0) is 36.2 Å². The van der Waals surface area contributed by atoms with Crippen LogP contribution in [0.15, 0.2) is 52.0 Å². The average Bonchev–Trinajstić information content (AvgIpc) is 2.92. The molecule has 2 rings (SSSR count). The topological polar surface area (TPSA) is 70.8 Å². The molecular weight excluding hydrogens is 278 g/mol. The number of benzene rings is 1. The molecule has 0 bridgehead atoms. The lowest BCUT2D eigenvalue weighted by Crippen LogP contribution is -2.26. The summed E-state index contributed by atoms with van der Waals surface area (Å²) < 4.78 is 31.1. The zero-order chi connectivity index (χ0) is 14.6. The predicted molar refractivity (Wildman–Crippen MR) is 74.6 cm³/mol. The summed E-state index contributed by atoms with van der Waals surface area (Å²) in [7, 11) is -2.02. The first-order valence-corrected chi connectivity index (χ1v) is 7.66. The molecule has 0 unspecified atom stereocenters. The first-order chi connectivity index (χ1) is 9.54. The number of nitrogens with zero attached hydrogens (tertiary/aromatic N) is 1. The second-order valence-corrected chi connectivity index (χ2v) is 6.50. The van der Waals surface area contributed by atoms with Gasteiger partial charge in [0.15, 0.2) is 0 Å². The van der Waals surface area contributed by atoms with Crippen LogP contribution in [0.4, 0.5) is 0 Å². The molecule has 20 heavy (non-hydrogen) atoms. The van der Waals surface area contributed by atoms with Crippen LogP contribution in [0, 0.1) is 0 Å². The summed E-state index contributed by atoms with van der Waals surface area (Å²) >= 11 is 0. The van der Waals surface area contributed by atoms with Gasteiger partial charge in [-0.25, -0.2) is 8.42 Å². The summed E-state index contributed by atoms with van der Waals surface area (Å²) in [5, 5.41) is 8.84. The molecular formula is C14H17NO4S. The minimum Gasteiger partial charge on any atom is -0.468 e. The van der Waals surface area contributed by atoms with E-state index in [0.717, 1.165) is 5.56 Å². The molecule has 5 nitrogen and oxygen atoms in total. The lowest BCUT2D eigenvalue weighted by molar-refractivity contribution is 0.299. The zero-order valence-corrected chi connectivity index (χ0v) is 12.0. The van der Waals surface area contributed by atoms with Crippen molar-refractivity contribution in [2.75, 3.05) is 13.7 Å². The van der Waals surface area contributed by atoms with Gasteiger partial charge in [0.25, 0.3) is 0 Å². The van der Waals surface area contributed by atoms with E-state index in [1.165, 1.54) is 17.6 Å². The molecule has 6 heteroatoms. The minimum atomic E-state index is -3.54. The monoisotopic (exact) mass is 295 g/mol. The van der Waals surface area contributed by atoms with Crippen molar-refractivity contribution < 1.29 is 17.9 Å². The van der Waals surface area contributed by atoms with Gasteiger partial charge in [-0.15, -0.1) is 0 Å². The second-order valence-electron chi connectivity index (χ2n) is 4.46. The SMILES string of the molecule is CN(Cc1ccco1)S(=O)(=O)c1ccc(CCO)cc1. The number of aliphatic hydroxyl groups is 1. The Morgan fingerprint density at radius 1 is 1.20 bits per heavy atom. The molecule has 1 heterocycles. The molecule has 1 aromatic heterocycles. The van der Waals surface area contributed by atoms with Crippen LogP contribution in [0.2, 0.25) is 0 Å². The van der Waals surface area contributed by atoms with E-state index >= 15 is 0 Å². The first kappa shape index (κ1) is 14.8. The molecule has 0 radical (unpaired) electrons. The highest BCUT2D eigenvalue weighted by Gasteiger charge is 2.21. The normalized spacial score (nSPS) is 11.9. The third-order valence-corrected chi connectivity index (χ3v) is 4.81. The lowest BCUT2D eigenvalue weighted by atomic mass is 10.2. The van der Waals surface area contributed by atoms with Crippen LogP contribution in [-0.2, 0) is 23.0 Å². The Bertz CT molecular complexity index is 632. The molecule has 0 aliphatic rings. The average molecular weight is 295 g/mol. The van der Waals surface area contributed by atoms with Crippen molar-refractivity contribution in [1.29, 1.82) is 0 Å². The maximum Gasteiger partial charge on any atom is 0.243 e. The van der Waals surface area contributed by atoms with Crippen LogP contribution in [0.25, 0.3) is 0 Å². The molecule has 0 amide bonds. The summed E-state index contributed by atoms with van der Waals surface area (Å²) in [5.74, 6) is 0.591. The summed E-state index contributed by atoms with van der Waals surface area (Å²) in [6.45, 7) is 0.234. The predicted octanol–water partition coefficient (Wildman–Crippen LogP) is 1.64. The van der Waals surface area contributed by atoms with Crippen LogP contribution in [-0.4, -0.2) is 31.5 Å². The molecule has 0 aliphatic heterocycles. The number of hydrogen-bond donors (Lipinski definition) is 1. The van der Waals surface area contributed by atoms with Crippen molar-refractivity contribution in [1.82, 2.24) is 4.31 Å². The number of furan rings is 1. The van der Waals surface area contributed by atoms with Crippen LogP contribution in [0.5, 0.6) is 0 Å². The van der Waals surface area contributed by atoms with Gasteiger partial charge >= 0.3 is 0 Å². The van der Waals surface area contributed by atoms with Gasteiger partial charge in [-0.3, -0.25) is 0 Å². The number of sulfonamides is 1. The van der Waals surface area contributed by atoms with Gasteiger partial charge in [0.1, 0.15) is 5.76 Å². The summed E-state index contributed by atoms with van der Waals surface area (Å²) in [6, 6.07) is 9.99. The fourth-order valence-corrected chi connectivity index (χ4v) is 2.98. The molecule has 0 spiro atoms. The number of rotatable bonds is 6. The number of hydrogen-bond acceptors (Lipinski definition) is 4. The van der Waals surface area contributed by atoms with Crippen LogP contribution in [0.3, 0.4) is 0 Å². The summed E-state index contributed by atoms with van der Waals surface area (Å²) in [5.41, 5.74) is 0.903. The summed E-state index contributed by atoms with van der Waals surface area (Å²) in [6.07, 6.45) is 2.03. The Morgan fingerprint density at radius 2 is 1.90 bits per heavy atom. The van der Waals surface area contributed by atoms with E-state index in [1.54, 1.807) is 36.4 Å². The third kappa shape index (κ3) is 3.27. The maximum absolute atomic E-state index is 12.4. The Balaban J connectivity index is 2.16. The molecule has 2 aromatic rings. The van der Waals surface area contributed by atoms with Crippen LogP contribution >= 0.6 is 0 Å². The van der Waals surface area contributed by atoms with Crippen LogP contribution < -0.4 is 0 Å². The minimum absolute atomic E-state index is 0.0461. The van der Waals surface area contributed by atoms with E-state index in [2.05, 4.69) is 0 Å². The van der Waals surface area contributed by atoms with Crippen molar-refractivity contribution in [3.8, 4) is 0 Å². The van der Waals surface area contributed by atoms with E-state index in [0.29, 0.717) is 12.2 Å². The number of aliphatic hydroxyl groups excluding tert-OH is 1. The van der Waals surface area contributed by atoms with Crippen LogP contribution in [0.1, 0.15) is 11.3 Å². The van der Waals surface area contributed by atoms with Gasteiger partial charge in [0.05, 0.1) is 17.7 Å². The van der Waals surface area contributed by atoms with Gasteiger partial charge in [0.2, 0.25) is 10.0 Å². The second kappa shape index (κ2) is 6.21. The van der Waals surface area contributed by atoms with Crippen molar-refractivity contribution in [2.24, 2.45) is 0 Å². The highest BCUT2D eigenvalue weighted by molar-refractivity contribution is 7.89. The van der Waals surface area contributed by atoms with E-state index in [9.17, 15) is 8.42 Å². The first-order valence-electron chi connectivity index (χ1n) is 6.22. The Morgan fingerprint density at radius 3 is 2.45 bits per heavy atom. The smallest absolute Gasteiger partial charge is 0.243 e. The quantitative estimate of drug-likeness (QED) is 0.879. The highest BCUT2D eigenvalue weighted by atomic mass is 32.2. The zero-order valence-electron chi connectivity index (χ0n) is 11.2. The van der Waals surface area contributed by atoms with E-state index in [4.69, 9.17) is 9.52 Å². The van der Waals surface area contributed by atoms with Gasteiger partial charge in [0, 0.05) is 13.7 Å². The van der Waals surface area contributed by atoms with Gasteiger partial charge in [-0.2, -0.15) is 4.31 Å². The van der Waals surface area contributed by atoms with Gasteiger partial charge in [-0.1, -0.05) is 12.1 Å². The lowest BCUT2D eigenvalue weighted by Gasteiger charge is -2.16. The molecule has 1 N–H and O–H groups in total. The maximum atomic E-state index is 12.4. The fraction of sp³-hybridized carbons (Fsp3) is 0.286. The van der Waals surface area contributed by atoms with E-state index < -0.39 is 10.0 Å². The fourth-order valence-electron chi connectivity index (χ4n) is 1.84. The Hall–Kier alpha value is -1.63. The molecule has 108 valence electrons. The highest BCUT2D eigenvalue weighted by Crippen LogP contribution is 2.17. The molecule has 1 aromatic carbocycles. The molecule has 0 aliphatic carbocycles. The Labute approximate surface area is 118 Å². The third-order valence-electron chi connectivity index (χ3n) is 2.99. The standard InChI is InChI=1S/C14H17NO4S/c1-15(11-13-3-2-10-19-13)20(17,18)14-6-4-12(5-7-14)8-9-16/h2-7,10,16H,8-9,11H2,1H3. The molecule has 0 saturated carbocycles. The van der Waals surface area contributed by atoms with Crippen molar-refractivity contribution in [3.05, 3.63) is 54.0 Å².